The number of hydrogen-bond donors (Lipinski definition) is 1. The molecule has 1 aliphatic heterocycles. The maximum absolute atomic E-state index is 11.3. The number of ether oxygens (including phenoxy) is 1. The van der Waals surface area contributed by atoms with Crippen LogP contribution in [0.15, 0.2) is 18.3 Å². The van der Waals surface area contributed by atoms with Gasteiger partial charge < -0.3 is 15.0 Å². The van der Waals surface area contributed by atoms with Crippen LogP contribution in [-0.4, -0.2) is 49.1 Å². The molecule has 104 valence electrons. The van der Waals surface area contributed by atoms with Gasteiger partial charge in [-0.15, -0.1) is 0 Å². The number of aromatic nitrogens is 1. The minimum Gasteiger partial charge on any atom is -0.465 e. The zero-order chi connectivity index (χ0) is 13.7. The van der Waals surface area contributed by atoms with Crippen LogP contribution in [0.2, 0.25) is 0 Å². The Morgan fingerprint density at radius 1 is 1.58 bits per heavy atom. The SMILES string of the molecule is COC(=O)c1ccc(CNCC2CCCN2C)nc1. The van der Waals surface area contributed by atoms with Crippen molar-refractivity contribution in [3.8, 4) is 0 Å². The van der Waals surface area contributed by atoms with Crippen molar-refractivity contribution < 1.29 is 9.53 Å². The van der Waals surface area contributed by atoms with E-state index in [4.69, 9.17) is 0 Å². The molecule has 1 aliphatic rings. The predicted octanol–water partition coefficient (Wildman–Crippen LogP) is 1.05. The number of carbonyl (C=O) groups excluding carboxylic acids is 1. The molecule has 5 nitrogen and oxygen atoms in total. The second-order valence-corrected chi connectivity index (χ2v) is 4.94. The summed E-state index contributed by atoms with van der Waals surface area (Å²) in [5.74, 6) is -0.348. The van der Waals surface area contributed by atoms with Crippen LogP contribution in [-0.2, 0) is 11.3 Å². The maximum Gasteiger partial charge on any atom is 0.339 e. The molecule has 0 saturated carbocycles. The van der Waals surface area contributed by atoms with E-state index >= 15 is 0 Å². The van der Waals surface area contributed by atoms with E-state index in [1.54, 1.807) is 12.3 Å². The second-order valence-electron chi connectivity index (χ2n) is 4.94. The van der Waals surface area contributed by atoms with Gasteiger partial charge in [0.05, 0.1) is 18.4 Å². The molecule has 0 spiro atoms. The average Bonchev–Trinajstić information content (AvgIpc) is 2.84. The van der Waals surface area contributed by atoms with Crippen LogP contribution in [0.3, 0.4) is 0 Å². The highest BCUT2D eigenvalue weighted by Crippen LogP contribution is 2.13. The summed E-state index contributed by atoms with van der Waals surface area (Å²) < 4.78 is 4.64. The first-order chi connectivity index (χ1) is 9.20. The highest BCUT2D eigenvalue weighted by molar-refractivity contribution is 5.88. The zero-order valence-corrected chi connectivity index (χ0v) is 11.6. The molecular weight excluding hydrogens is 242 g/mol. The Bertz CT molecular complexity index is 419. The van der Waals surface area contributed by atoms with E-state index in [2.05, 4.69) is 27.0 Å². The van der Waals surface area contributed by atoms with Gasteiger partial charge in [-0.25, -0.2) is 4.79 Å². The number of hydrogen-bond acceptors (Lipinski definition) is 5. The fourth-order valence-electron chi connectivity index (χ4n) is 2.37. The van der Waals surface area contributed by atoms with Crippen molar-refractivity contribution in [2.24, 2.45) is 0 Å². The third-order valence-electron chi connectivity index (χ3n) is 3.60. The maximum atomic E-state index is 11.3. The number of rotatable bonds is 5. The topological polar surface area (TPSA) is 54.5 Å². The molecule has 1 N–H and O–H groups in total. The summed E-state index contributed by atoms with van der Waals surface area (Å²) in [6.45, 7) is 2.90. The van der Waals surface area contributed by atoms with Crippen LogP contribution < -0.4 is 5.32 Å². The Hall–Kier alpha value is -1.46. The summed E-state index contributed by atoms with van der Waals surface area (Å²) in [5.41, 5.74) is 1.43. The molecule has 0 bridgehead atoms. The number of carbonyl (C=O) groups is 1. The molecule has 0 amide bonds. The lowest BCUT2D eigenvalue weighted by molar-refractivity contribution is 0.0600. The Balaban J connectivity index is 1.78. The van der Waals surface area contributed by atoms with Gasteiger partial charge in [0.1, 0.15) is 0 Å². The second kappa shape index (κ2) is 6.63. The Kier molecular flexibility index (Phi) is 4.87. The van der Waals surface area contributed by atoms with Gasteiger partial charge >= 0.3 is 5.97 Å². The third kappa shape index (κ3) is 3.75. The predicted molar refractivity (Wildman–Crippen MR) is 72.9 cm³/mol. The van der Waals surface area contributed by atoms with Crippen molar-refractivity contribution in [1.29, 1.82) is 0 Å². The molecule has 2 rings (SSSR count). The Morgan fingerprint density at radius 3 is 3.00 bits per heavy atom. The first kappa shape index (κ1) is 14.0. The first-order valence-corrected chi connectivity index (χ1v) is 6.65. The molecule has 19 heavy (non-hydrogen) atoms. The number of methoxy groups -OCH3 is 1. The standard InChI is InChI=1S/C14H21N3O2/c1-17-7-3-4-13(17)10-15-9-12-6-5-11(8-16-12)14(18)19-2/h5-6,8,13,15H,3-4,7,9-10H2,1-2H3. The average molecular weight is 263 g/mol. The van der Waals surface area contributed by atoms with Gasteiger partial charge in [0.15, 0.2) is 0 Å². The number of nitrogens with one attached hydrogen (secondary N) is 1. The minimum absolute atomic E-state index is 0.348. The lowest BCUT2D eigenvalue weighted by atomic mass is 10.2. The van der Waals surface area contributed by atoms with Gasteiger partial charge in [0, 0.05) is 25.3 Å². The van der Waals surface area contributed by atoms with Crippen molar-refractivity contribution in [2.75, 3.05) is 27.2 Å². The number of likely N-dealkylation sites (N-methyl/N-ethyl adjacent to an activating group) is 1. The quantitative estimate of drug-likeness (QED) is 0.805. The Morgan fingerprint density at radius 2 is 2.42 bits per heavy atom. The van der Waals surface area contributed by atoms with Crippen LogP contribution in [0, 0.1) is 0 Å². The lowest BCUT2D eigenvalue weighted by Gasteiger charge is -2.19. The van der Waals surface area contributed by atoms with Gasteiger partial charge in [0.2, 0.25) is 0 Å². The smallest absolute Gasteiger partial charge is 0.339 e. The van der Waals surface area contributed by atoms with Crippen molar-refractivity contribution in [1.82, 2.24) is 15.2 Å². The van der Waals surface area contributed by atoms with E-state index < -0.39 is 0 Å². The normalized spacial score (nSPS) is 19.6. The molecule has 1 atom stereocenters. The zero-order valence-electron chi connectivity index (χ0n) is 11.6. The molecule has 0 radical (unpaired) electrons. The van der Waals surface area contributed by atoms with Crippen LogP contribution in [0.25, 0.3) is 0 Å². The summed E-state index contributed by atoms with van der Waals surface area (Å²) in [5, 5.41) is 3.42. The van der Waals surface area contributed by atoms with Crippen LogP contribution in [0.1, 0.15) is 28.9 Å². The molecule has 2 heterocycles. The summed E-state index contributed by atoms with van der Waals surface area (Å²) in [6, 6.07) is 4.24. The highest BCUT2D eigenvalue weighted by Gasteiger charge is 2.19. The van der Waals surface area contributed by atoms with Crippen molar-refractivity contribution in [3.05, 3.63) is 29.6 Å². The van der Waals surface area contributed by atoms with E-state index in [-0.39, 0.29) is 5.97 Å². The number of esters is 1. The van der Waals surface area contributed by atoms with E-state index in [1.807, 2.05) is 6.07 Å². The summed E-state index contributed by atoms with van der Waals surface area (Å²) in [4.78, 5) is 17.9. The number of pyridine rings is 1. The highest BCUT2D eigenvalue weighted by atomic mass is 16.5. The van der Waals surface area contributed by atoms with Crippen molar-refractivity contribution in [3.63, 3.8) is 0 Å². The summed E-state index contributed by atoms with van der Waals surface area (Å²) in [7, 11) is 3.54. The molecule has 0 aromatic carbocycles. The Labute approximate surface area is 114 Å². The summed E-state index contributed by atoms with van der Waals surface area (Å²) in [6.07, 6.45) is 4.11. The molecule has 1 saturated heterocycles. The van der Waals surface area contributed by atoms with E-state index in [1.165, 1.54) is 26.5 Å². The minimum atomic E-state index is -0.348. The molecule has 1 unspecified atom stereocenters. The van der Waals surface area contributed by atoms with Gasteiger partial charge in [0.25, 0.3) is 0 Å². The fraction of sp³-hybridized carbons (Fsp3) is 0.571. The molecular formula is C14H21N3O2. The molecule has 1 aromatic heterocycles. The molecule has 0 aliphatic carbocycles. The van der Waals surface area contributed by atoms with Crippen LogP contribution in [0.5, 0.6) is 0 Å². The molecule has 1 aromatic rings. The number of likely N-dealkylation sites (tertiary alicyclic amines) is 1. The van der Waals surface area contributed by atoms with E-state index in [9.17, 15) is 4.79 Å². The van der Waals surface area contributed by atoms with Crippen molar-refractivity contribution >= 4 is 5.97 Å². The van der Waals surface area contributed by atoms with Crippen molar-refractivity contribution in [2.45, 2.75) is 25.4 Å². The van der Waals surface area contributed by atoms with Gasteiger partial charge in [-0.3, -0.25) is 4.98 Å². The third-order valence-corrected chi connectivity index (χ3v) is 3.60. The first-order valence-electron chi connectivity index (χ1n) is 6.65. The lowest BCUT2D eigenvalue weighted by Crippen LogP contribution is -2.35. The van der Waals surface area contributed by atoms with E-state index in [0.717, 1.165) is 18.8 Å². The molecule has 5 heteroatoms. The fourth-order valence-corrected chi connectivity index (χ4v) is 2.37. The monoisotopic (exact) mass is 263 g/mol. The van der Waals surface area contributed by atoms with Crippen LogP contribution >= 0.6 is 0 Å². The van der Waals surface area contributed by atoms with Gasteiger partial charge in [-0.2, -0.15) is 0 Å². The summed E-state index contributed by atoms with van der Waals surface area (Å²) >= 11 is 0. The largest absolute Gasteiger partial charge is 0.465 e. The van der Waals surface area contributed by atoms with Gasteiger partial charge in [-0.1, -0.05) is 0 Å². The number of nitrogens with zero attached hydrogens (tertiary/aromatic N) is 2. The molecule has 1 fully saturated rings. The van der Waals surface area contributed by atoms with Crippen LogP contribution in [0.4, 0.5) is 0 Å². The van der Waals surface area contributed by atoms with Gasteiger partial charge in [-0.05, 0) is 38.6 Å². The van der Waals surface area contributed by atoms with E-state index in [0.29, 0.717) is 11.6 Å².